The molecule has 0 aromatic heterocycles. The Labute approximate surface area is 116 Å². The average Bonchev–Trinajstić information content (AvgIpc) is 2.24. The smallest absolute Gasteiger partial charge is 0.125 e. The van der Waals surface area contributed by atoms with E-state index in [9.17, 15) is 0 Å². The summed E-state index contributed by atoms with van der Waals surface area (Å²) in [4.78, 5) is 0.552. The van der Waals surface area contributed by atoms with Crippen molar-refractivity contribution < 1.29 is 4.74 Å². The van der Waals surface area contributed by atoms with E-state index in [2.05, 4.69) is 39.8 Å². The summed E-state index contributed by atoms with van der Waals surface area (Å²) in [6.45, 7) is 8.70. The summed E-state index contributed by atoms with van der Waals surface area (Å²) in [5.41, 5.74) is 9.33. The Hall–Kier alpha value is -1.09. The first-order chi connectivity index (χ1) is 8.25. The number of methoxy groups -OCH3 is 1. The Morgan fingerprint density at radius 1 is 1.33 bits per heavy atom. The van der Waals surface area contributed by atoms with Crippen molar-refractivity contribution in [3.63, 3.8) is 0 Å². The van der Waals surface area contributed by atoms with E-state index in [1.807, 2.05) is 0 Å². The zero-order chi connectivity index (χ0) is 13.9. The topological polar surface area (TPSA) is 35.2 Å². The van der Waals surface area contributed by atoms with Crippen LogP contribution in [0.1, 0.15) is 43.9 Å². The highest BCUT2D eigenvalue weighted by Gasteiger charge is 2.21. The van der Waals surface area contributed by atoms with Crippen LogP contribution in [0.15, 0.2) is 12.1 Å². The third kappa shape index (κ3) is 3.70. The van der Waals surface area contributed by atoms with Crippen LogP contribution in [0.5, 0.6) is 5.75 Å². The maximum atomic E-state index is 5.61. The van der Waals surface area contributed by atoms with Crippen LogP contribution in [0.25, 0.3) is 0 Å². The summed E-state index contributed by atoms with van der Waals surface area (Å²) in [5.74, 6) is 0.976. The van der Waals surface area contributed by atoms with E-state index in [0.717, 1.165) is 18.6 Å². The molecule has 0 spiro atoms. The minimum Gasteiger partial charge on any atom is -0.496 e. The number of thiocarbonyl (C=S) groups is 1. The van der Waals surface area contributed by atoms with Crippen LogP contribution < -0.4 is 10.5 Å². The largest absolute Gasteiger partial charge is 0.496 e. The Morgan fingerprint density at radius 2 is 1.94 bits per heavy atom. The number of ether oxygens (including phenoxy) is 1. The van der Waals surface area contributed by atoms with Crippen molar-refractivity contribution in [1.82, 2.24) is 0 Å². The summed E-state index contributed by atoms with van der Waals surface area (Å²) in [6, 6.07) is 4.36. The molecule has 2 nitrogen and oxygen atoms in total. The summed E-state index contributed by atoms with van der Waals surface area (Å²) in [7, 11) is 1.73. The number of aryl methyl sites for hydroxylation is 2. The van der Waals surface area contributed by atoms with Gasteiger partial charge in [0, 0.05) is 12.0 Å². The molecule has 0 aliphatic heterocycles. The molecule has 0 aliphatic carbocycles. The van der Waals surface area contributed by atoms with Crippen molar-refractivity contribution >= 4 is 17.2 Å². The molecule has 0 saturated heterocycles. The molecule has 0 amide bonds. The van der Waals surface area contributed by atoms with Gasteiger partial charge in [0.15, 0.2) is 0 Å². The average molecular weight is 265 g/mol. The van der Waals surface area contributed by atoms with Gasteiger partial charge in [-0.2, -0.15) is 0 Å². The molecule has 0 unspecified atom stereocenters. The molecule has 3 heteroatoms. The van der Waals surface area contributed by atoms with Crippen molar-refractivity contribution in [2.75, 3.05) is 7.11 Å². The zero-order valence-electron chi connectivity index (χ0n) is 12.0. The van der Waals surface area contributed by atoms with Crippen LogP contribution in [0.2, 0.25) is 0 Å². The highest BCUT2D eigenvalue weighted by Crippen LogP contribution is 2.35. The molecular weight excluding hydrogens is 242 g/mol. The molecule has 100 valence electrons. The predicted octanol–water partition coefficient (Wildman–Crippen LogP) is 3.52. The first-order valence-electron chi connectivity index (χ1n) is 6.22. The van der Waals surface area contributed by atoms with Crippen LogP contribution >= 0.6 is 12.2 Å². The quantitative estimate of drug-likeness (QED) is 0.846. The monoisotopic (exact) mass is 265 g/mol. The van der Waals surface area contributed by atoms with Gasteiger partial charge >= 0.3 is 0 Å². The van der Waals surface area contributed by atoms with Gasteiger partial charge in [-0.25, -0.2) is 0 Å². The van der Waals surface area contributed by atoms with Crippen molar-refractivity contribution in [1.29, 1.82) is 0 Å². The van der Waals surface area contributed by atoms with Gasteiger partial charge in [0.1, 0.15) is 5.75 Å². The van der Waals surface area contributed by atoms with Gasteiger partial charge in [-0.05, 0) is 24.3 Å². The van der Waals surface area contributed by atoms with Crippen LogP contribution in [-0.2, 0) is 11.8 Å². The number of hydrogen-bond acceptors (Lipinski definition) is 2. The van der Waals surface area contributed by atoms with Gasteiger partial charge in [0.05, 0.1) is 12.1 Å². The van der Waals surface area contributed by atoms with Gasteiger partial charge in [-0.3, -0.25) is 0 Å². The van der Waals surface area contributed by atoms with Gasteiger partial charge < -0.3 is 10.5 Å². The normalized spacial score (nSPS) is 11.4. The number of benzene rings is 1. The lowest BCUT2D eigenvalue weighted by Gasteiger charge is -2.25. The zero-order valence-corrected chi connectivity index (χ0v) is 12.8. The molecule has 1 aromatic rings. The first kappa shape index (κ1) is 15.0. The molecule has 0 bridgehead atoms. The lowest BCUT2D eigenvalue weighted by atomic mass is 9.83. The minimum atomic E-state index is 0.0648. The molecule has 0 radical (unpaired) electrons. The highest BCUT2D eigenvalue weighted by molar-refractivity contribution is 7.80. The second kappa shape index (κ2) is 5.70. The Morgan fingerprint density at radius 3 is 2.39 bits per heavy atom. The molecule has 0 heterocycles. The fourth-order valence-electron chi connectivity index (χ4n) is 2.09. The molecular formula is C15H23NOS. The van der Waals surface area contributed by atoms with Crippen molar-refractivity contribution in [3.05, 3.63) is 28.8 Å². The fraction of sp³-hybridized carbons (Fsp3) is 0.533. The predicted molar refractivity (Wildman–Crippen MR) is 81.5 cm³/mol. The van der Waals surface area contributed by atoms with Crippen molar-refractivity contribution in [3.8, 4) is 5.75 Å². The summed E-state index contributed by atoms with van der Waals surface area (Å²) >= 11 is 4.95. The first-order valence-corrected chi connectivity index (χ1v) is 6.63. The van der Waals surface area contributed by atoms with Crippen molar-refractivity contribution in [2.45, 2.75) is 46.0 Å². The third-order valence-corrected chi connectivity index (χ3v) is 3.17. The van der Waals surface area contributed by atoms with E-state index in [1.165, 1.54) is 16.7 Å². The Kier molecular flexibility index (Phi) is 4.74. The summed E-state index contributed by atoms with van der Waals surface area (Å²) in [5, 5.41) is 0. The van der Waals surface area contributed by atoms with E-state index >= 15 is 0 Å². The number of rotatable bonds is 4. The Balaban J connectivity index is 3.24. The molecule has 0 saturated carbocycles. The maximum Gasteiger partial charge on any atom is 0.125 e. The van der Waals surface area contributed by atoms with E-state index in [0.29, 0.717) is 4.99 Å². The molecule has 1 rings (SSSR count). The molecule has 0 atom stereocenters. The maximum absolute atomic E-state index is 5.61. The molecule has 1 aromatic carbocycles. The fourth-order valence-corrected chi connectivity index (χ4v) is 2.19. The second-order valence-corrected chi connectivity index (χ2v) is 6.25. The SMILES string of the molecule is COc1c(CCC(N)=S)cc(C)cc1C(C)(C)C. The second-order valence-electron chi connectivity index (χ2n) is 5.72. The van der Waals surface area contributed by atoms with Gasteiger partial charge in [0.2, 0.25) is 0 Å². The lowest BCUT2D eigenvalue weighted by Crippen LogP contribution is -2.15. The van der Waals surface area contributed by atoms with E-state index < -0.39 is 0 Å². The minimum absolute atomic E-state index is 0.0648. The summed E-state index contributed by atoms with van der Waals surface area (Å²) < 4.78 is 5.61. The van der Waals surface area contributed by atoms with Crippen LogP contribution in [0.4, 0.5) is 0 Å². The van der Waals surface area contributed by atoms with E-state index in [4.69, 9.17) is 22.7 Å². The molecule has 18 heavy (non-hydrogen) atoms. The third-order valence-electron chi connectivity index (χ3n) is 2.96. The Bertz CT molecular complexity index is 447. The molecule has 0 aliphatic rings. The van der Waals surface area contributed by atoms with Crippen LogP contribution in [0, 0.1) is 6.92 Å². The van der Waals surface area contributed by atoms with Crippen LogP contribution in [0.3, 0.4) is 0 Å². The highest BCUT2D eigenvalue weighted by atomic mass is 32.1. The van der Waals surface area contributed by atoms with Gasteiger partial charge in [-0.15, -0.1) is 0 Å². The van der Waals surface area contributed by atoms with Gasteiger partial charge in [0.25, 0.3) is 0 Å². The summed E-state index contributed by atoms with van der Waals surface area (Å²) in [6.07, 6.45) is 1.56. The molecule has 0 fully saturated rings. The lowest BCUT2D eigenvalue weighted by molar-refractivity contribution is 0.392. The van der Waals surface area contributed by atoms with Crippen LogP contribution in [-0.4, -0.2) is 12.1 Å². The van der Waals surface area contributed by atoms with Gasteiger partial charge in [-0.1, -0.05) is 50.7 Å². The standard InChI is InChI=1S/C15H23NOS/c1-10-8-11(6-7-13(16)18)14(17-5)12(9-10)15(2,3)4/h8-9H,6-7H2,1-5H3,(H2,16,18). The molecule has 2 N–H and O–H groups in total. The van der Waals surface area contributed by atoms with E-state index in [-0.39, 0.29) is 5.41 Å². The number of hydrogen-bond donors (Lipinski definition) is 1. The van der Waals surface area contributed by atoms with E-state index in [1.54, 1.807) is 7.11 Å². The number of nitrogens with two attached hydrogens (primary N) is 1. The van der Waals surface area contributed by atoms with Crippen molar-refractivity contribution in [2.24, 2.45) is 5.73 Å².